The monoisotopic (exact) mass is 385 g/mol. The lowest BCUT2D eigenvalue weighted by molar-refractivity contribution is -0.527. The van der Waals surface area contributed by atoms with Gasteiger partial charge in [0.15, 0.2) is 0 Å². The Kier molecular flexibility index (Phi) is 3.96. The Morgan fingerprint density at radius 2 is 1.41 bits per heavy atom. The standard InChI is InChI=1S/C23H19N3O3/c27-22-23(17-13-7-8-14-18(17)24-22)19(15-9-3-1-4-10-15)21(26(28)29)20(25-23)16-11-5-2-6-12-16/h1-14,19-21,25H,(H,24,27)/t19-,20-,21-,23+/m0/s1. The number of hydrogen-bond acceptors (Lipinski definition) is 4. The largest absolute Gasteiger partial charge is 0.324 e. The fourth-order valence-electron chi connectivity index (χ4n) is 4.89. The van der Waals surface area contributed by atoms with Gasteiger partial charge < -0.3 is 5.32 Å². The summed E-state index contributed by atoms with van der Waals surface area (Å²) in [6, 6.07) is 24.5. The first-order valence-electron chi connectivity index (χ1n) is 9.55. The zero-order valence-corrected chi connectivity index (χ0v) is 15.5. The number of anilines is 1. The highest BCUT2D eigenvalue weighted by molar-refractivity contribution is 6.07. The molecule has 0 bridgehead atoms. The number of nitrogens with one attached hydrogen (secondary N) is 2. The van der Waals surface area contributed by atoms with E-state index < -0.39 is 23.5 Å². The molecule has 1 spiro atoms. The maximum absolute atomic E-state index is 13.4. The maximum atomic E-state index is 13.4. The second-order valence-electron chi connectivity index (χ2n) is 7.50. The fourth-order valence-corrected chi connectivity index (χ4v) is 4.89. The lowest BCUT2D eigenvalue weighted by atomic mass is 9.74. The number of hydrogen-bond donors (Lipinski definition) is 2. The smallest absolute Gasteiger partial charge is 0.250 e. The molecule has 2 N–H and O–H groups in total. The molecule has 6 heteroatoms. The van der Waals surface area contributed by atoms with Crippen LogP contribution in [0.25, 0.3) is 0 Å². The van der Waals surface area contributed by atoms with E-state index in [1.165, 1.54) is 0 Å². The maximum Gasteiger partial charge on any atom is 0.250 e. The molecule has 1 amide bonds. The van der Waals surface area contributed by atoms with Crippen molar-refractivity contribution < 1.29 is 9.72 Å². The minimum atomic E-state index is -1.21. The first kappa shape index (κ1) is 17.6. The summed E-state index contributed by atoms with van der Waals surface area (Å²) in [5.74, 6) is -0.912. The molecule has 1 fully saturated rings. The van der Waals surface area contributed by atoms with Crippen molar-refractivity contribution in [3.8, 4) is 0 Å². The van der Waals surface area contributed by atoms with Crippen molar-refractivity contribution >= 4 is 11.6 Å². The molecule has 0 radical (unpaired) electrons. The van der Waals surface area contributed by atoms with Crippen molar-refractivity contribution in [2.75, 3.05) is 5.32 Å². The third-order valence-electron chi connectivity index (χ3n) is 6.05. The number of fused-ring (bicyclic) bond motifs is 2. The van der Waals surface area contributed by atoms with Gasteiger partial charge in [-0.1, -0.05) is 78.9 Å². The Balaban J connectivity index is 1.78. The van der Waals surface area contributed by atoms with Crippen LogP contribution in [0.5, 0.6) is 0 Å². The molecule has 2 aliphatic heterocycles. The molecule has 144 valence electrons. The minimum absolute atomic E-state index is 0.245. The van der Waals surface area contributed by atoms with E-state index in [0.717, 1.165) is 16.7 Å². The van der Waals surface area contributed by atoms with Gasteiger partial charge in [0.05, 0.1) is 5.92 Å². The van der Waals surface area contributed by atoms with Crippen molar-refractivity contribution in [1.82, 2.24) is 5.32 Å². The molecule has 0 unspecified atom stereocenters. The van der Waals surface area contributed by atoms with Crippen molar-refractivity contribution in [3.63, 3.8) is 0 Å². The van der Waals surface area contributed by atoms with Crippen molar-refractivity contribution in [3.05, 3.63) is 112 Å². The predicted octanol–water partition coefficient (Wildman–Crippen LogP) is 3.61. The normalized spacial score (nSPS) is 27.6. The number of para-hydroxylation sites is 1. The van der Waals surface area contributed by atoms with Gasteiger partial charge in [0.2, 0.25) is 11.9 Å². The lowest BCUT2D eigenvalue weighted by Crippen LogP contribution is -2.48. The molecular formula is C23H19N3O3. The third-order valence-corrected chi connectivity index (χ3v) is 6.05. The highest BCUT2D eigenvalue weighted by Crippen LogP contribution is 2.55. The van der Waals surface area contributed by atoms with Crippen molar-refractivity contribution in [2.24, 2.45) is 0 Å². The van der Waals surface area contributed by atoms with E-state index in [0.29, 0.717) is 5.69 Å². The molecular weight excluding hydrogens is 366 g/mol. The molecule has 3 aromatic carbocycles. The number of nitro groups is 1. The Hall–Kier alpha value is -3.51. The van der Waals surface area contributed by atoms with Crippen LogP contribution in [0.15, 0.2) is 84.9 Å². The number of rotatable bonds is 3. The zero-order chi connectivity index (χ0) is 20.0. The summed E-state index contributed by atoms with van der Waals surface area (Å²) in [7, 11) is 0. The first-order chi connectivity index (χ1) is 14.1. The van der Waals surface area contributed by atoms with Crippen LogP contribution in [-0.2, 0) is 10.3 Å². The number of amides is 1. The van der Waals surface area contributed by atoms with E-state index in [-0.39, 0.29) is 10.8 Å². The first-order valence-corrected chi connectivity index (χ1v) is 9.55. The summed E-state index contributed by atoms with van der Waals surface area (Å²) in [6.45, 7) is 0. The summed E-state index contributed by atoms with van der Waals surface area (Å²) in [4.78, 5) is 25.5. The molecule has 29 heavy (non-hydrogen) atoms. The molecule has 3 aromatic rings. The van der Waals surface area contributed by atoms with Crippen LogP contribution in [0, 0.1) is 10.1 Å². The summed E-state index contributed by atoms with van der Waals surface area (Å²) >= 11 is 0. The van der Waals surface area contributed by atoms with Crippen LogP contribution in [-0.4, -0.2) is 16.9 Å². The van der Waals surface area contributed by atoms with Crippen molar-refractivity contribution in [2.45, 2.75) is 23.5 Å². The average molecular weight is 385 g/mol. The van der Waals surface area contributed by atoms with Crippen LogP contribution < -0.4 is 10.6 Å². The van der Waals surface area contributed by atoms with E-state index in [4.69, 9.17) is 0 Å². The quantitative estimate of drug-likeness (QED) is 0.533. The molecule has 0 aromatic heterocycles. The zero-order valence-electron chi connectivity index (χ0n) is 15.5. The summed E-state index contributed by atoms with van der Waals surface area (Å²) in [5.41, 5.74) is 1.80. The highest BCUT2D eigenvalue weighted by Gasteiger charge is 2.66. The van der Waals surface area contributed by atoms with Gasteiger partial charge in [0.1, 0.15) is 11.6 Å². The number of nitrogens with zero attached hydrogens (tertiary/aromatic N) is 1. The van der Waals surface area contributed by atoms with Crippen LogP contribution in [0.1, 0.15) is 28.7 Å². The van der Waals surface area contributed by atoms with Gasteiger partial charge in [-0.25, -0.2) is 0 Å². The highest BCUT2D eigenvalue weighted by atomic mass is 16.6. The second kappa shape index (κ2) is 6.53. The van der Waals surface area contributed by atoms with E-state index >= 15 is 0 Å². The van der Waals surface area contributed by atoms with E-state index in [9.17, 15) is 14.9 Å². The average Bonchev–Trinajstić information content (AvgIpc) is 3.26. The topological polar surface area (TPSA) is 84.3 Å². The molecule has 4 atom stereocenters. The van der Waals surface area contributed by atoms with Gasteiger partial charge in [0.25, 0.3) is 0 Å². The summed E-state index contributed by atoms with van der Waals surface area (Å²) in [5, 5.41) is 18.7. The number of benzene rings is 3. The van der Waals surface area contributed by atoms with Gasteiger partial charge in [-0.3, -0.25) is 20.2 Å². The van der Waals surface area contributed by atoms with Crippen LogP contribution in [0.2, 0.25) is 0 Å². The molecule has 5 rings (SSSR count). The molecule has 0 aliphatic carbocycles. The SMILES string of the molecule is O=C1Nc2ccccc2[C@]12N[C@@H](c1ccccc1)[C@@H]([N+](=O)[O-])[C@@H]2c1ccccc1. The van der Waals surface area contributed by atoms with Gasteiger partial charge >= 0.3 is 0 Å². The number of carbonyl (C=O) groups is 1. The third kappa shape index (κ3) is 2.49. The van der Waals surface area contributed by atoms with E-state index in [1.807, 2.05) is 84.9 Å². The van der Waals surface area contributed by atoms with Gasteiger partial charge in [-0.15, -0.1) is 0 Å². The van der Waals surface area contributed by atoms with Gasteiger partial charge in [-0.2, -0.15) is 0 Å². The molecule has 2 heterocycles. The molecule has 2 aliphatic rings. The Labute approximate surface area is 167 Å². The van der Waals surface area contributed by atoms with Crippen LogP contribution in [0.3, 0.4) is 0 Å². The molecule has 0 saturated carbocycles. The second-order valence-corrected chi connectivity index (χ2v) is 7.50. The minimum Gasteiger partial charge on any atom is -0.324 e. The van der Waals surface area contributed by atoms with E-state index in [2.05, 4.69) is 10.6 Å². The van der Waals surface area contributed by atoms with Crippen molar-refractivity contribution in [1.29, 1.82) is 0 Å². The van der Waals surface area contributed by atoms with Crippen LogP contribution in [0.4, 0.5) is 5.69 Å². The number of carbonyl (C=O) groups excluding carboxylic acids is 1. The Morgan fingerprint density at radius 3 is 2.07 bits per heavy atom. The predicted molar refractivity (Wildman–Crippen MR) is 109 cm³/mol. The van der Waals surface area contributed by atoms with Gasteiger partial charge in [0, 0.05) is 16.2 Å². The molecule has 1 saturated heterocycles. The lowest BCUT2D eigenvalue weighted by Gasteiger charge is -2.29. The fraction of sp³-hybridized carbons (Fsp3) is 0.174. The summed E-state index contributed by atoms with van der Waals surface area (Å²) in [6.07, 6.45) is 0. The summed E-state index contributed by atoms with van der Waals surface area (Å²) < 4.78 is 0. The Morgan fingerprint density at radius 1 is 0.828 bits per heavy atom. The van der Waals surface area contributed by atoms with Gasteiger partial charge in [-0.05, 0) is 17.2 Å². The van der Waals surface area contributed by atoms with Crippen LogP contribution >= 0.6 is 0 Å². The molecule has 6 nitrogen and oxygen atoms in total. The Bertz CT molecular complexity index is 1090. The van der Waals surface area contributed by atoms with E-state index in [1.54, 1.807) is 0 Å².